The normalized spacial score (nSPS) is 12.2. The Morgan fingerprint density at radius 1 is 1.32 bits per heavy atom. The number of esters is 1. The average molecular weight is 301 g/mol. The predicted molar refractivity (Wildman–Crippen MR) is 81.3 cm³/mol. The highest BCUT2D eigenvalue weighted by atomic mass is 16.5. The maximum Gasteiger partial charge on any atom is 0.316 e. The zero-order valence-corrected chi connectivity index (χ0v) is 12.9. The number of nitrogens with two attached hydrogens (primary N) is 1. The third-order valence-corrected chi connectivity index (χ3v) is 2.95. The molecule has 0 atom stereocenters. The minimum absolute atomic E-state index is 0.315. The van der Waals surface area contributed by atoms with E-state index in [-0.39, 0.29) is 5.97 Å². The van der Waals surface area contributed by atoms with Gasteiger partial charge in [-0.3, -0.25) is 4.79 Å². The van der Waals surface area contributed by atoms with Gasteiger partial charge < -0.3 is 15.0 Å². The lowest BCUT2D eigenvalue weighted by Crippen LogP contribution is -2.21. The van der Waals surface area contributed by atoms with Gasteiger partial charge in [0.05, 0.1) is 5.41 Å². The summed E-state index contributed by atoms with van der Waals surface area (Å²) in [7, 11) is 0. The number of benzene rings is 1. The Labute approximate surface area is 128 Å². The van der Waals surface area contributed by atoms with Crippen molar-refractivity contribution in [3.05, 3.63) is 48.1 Å². The Bertz CT molecular complexity index is 653. The number of rotatable bonds is 4. The average Bonchev–Trinajstić information content (AvgIpc) is 2.98. The quantitative estimate of drug-likeness (QED) is 0.689. The number of nitrogens with zero attached hydrogens (tertiary/aromatic N) is 2. The summed E-state index contributed by atoms with van der Waals surface area (Å²) in [5.41, 5.74) is 8.39. The summed E-state index contributed by atoms with van der Waals surface area (Å²) >= 11 is 0. The van der Waals surface area contributed by atoms with E-state index in [0.29, 0.717) is 17.8 Å². The number of hydrogen-bond donors (Lipinski definition) is 1. The van der Waals surface area contributed by atoms with E-state index in [4.69, 9.17) is 15.0 Å². The van der Waals surface area contributed by atoms with Crippen molar-refractivity contribution in [2.24, 2.45) is 11.1 Å². The van der Waals surface area contributed by atoms with Crippen molar-refractivity contribution in [2.45, 2.75) is 27.2 Å². The van der Waals surface area contributed by atoms with Crippen LogP contribution in [0.4, 0.5) is 0 Å². The van der Waals surface area contributed by atoms with Gasteiger partial charge >= 0.3 is 5.97 Å². The van der Waals surface area contributed by atoms with Crippen LogP contribution in [-0.2, 0) is 16.0 Å². The summed E-state index contributed by atoms with van der Waals surface area (Å²) in [5.74, 6) is -0.315. The fourth-order valence-corrected chi connectivity index (χ4v) is 1.67. The van der Waals surface area contributed by atoms with Gasteiger partial charge in [-0.15, -0.1) is 5.10 Å². The van der Waals surface area contributed by atoms with E-state index in [1.807, 2.05) is 24.3 Å². The first kappa shape index (κ1) is 15.8. The summed E-state index contributed by atoms with van der Waals surface area (Å²) in [4.78, 5) is 11.7. The van der Waals surface area contributed by atoms with Crippen LogP contribution >= 0.6 is 0 Å². The molecule has 22 heavy (non-hydrogen) atoms. The Kier molecular flexibility index (Phi) is 4.60. The van der Waals surface area contributed by atoms with Crippen LogP contribution in [0.1, 0.15) is 26.3 Å². The Hall–Kier alpha value is -2.63. The van der Waals surface area contributed by atoms with E-state index in [0.717, 1.165) is 11.1 Å². The van der Waals surface area contributed by atoms with Crippen molar-refractivity contribution in [3.63, 3.8) is 0 Å². The topological polar surface area (TPSA) is 91.2 Å². The Morgan fingerprint density at radius 3 is 2.55 bits per heavy atom. The molecular weight excluding hydrogens is 282 g/mol. The second-order valence-electron chi connectivity index (χ2n) is 6.01. The van der Waals surface area contributed by atoms with E-state index in [1.54, 1.807) is 20.8 Å². The van der Waals surface area contributed by atoms with E-state index in [1.165, 1.54) is 12.5 Å². The van der Waals surface area contributed by atoms with Crippen LogP contribution < -0.4 is 5.73 Å². The Morgan fingerprint density at radius 2 is 2.00 bits per heavy atom. The van der Waals surface area contributed by atoms with Crippen LogP contribution in [0.15, 0.2) is 47.0 Å². The van der Waals surface area contributed by atoms with Crippen LogP contribution in [0.25, 0.3) is 11.3 Å². The van der Waals surface area contributed by atoms with Crippen molar-refractivity contribution in [1.82, 2.24) is 10.4 Å². The highest BCUT2D eigenvalue weighted by molar-refractivity contribution is 5.75. The molecule has 2 aromatic rings. The number of carbonyl (C=O) groups is 1. The van der Waals surface area contributed by atoms with Crippen molar-refractivity contribution in [3.8, 4) is 11.3 Å². The van der Waals surface area contributed by atoms with Gasteiger partial charge in [-0.2, -0.15) is 0 Å². The predicted octanol–water partition coefficient (Wildman–Crippen LogP) is 2.67. The molecule has 6 nitrogen and oxygen atoms in total. The van der Waals surface area contributed by atoms with Gasteiger partial charge in [0.25, 0.3) is 0 Å². The third-order valence-electron chi connectivity index (χ3n) is 2.95. The first-order valence-electron chi connectivity index (χ1n) is 6.88. The maximum atomic E-state index is 11.7. The lowest BCUT2D eigenvalue weighted by molar-refractivity contribution is -0.147. The fraction of sp³-hybridized carbons (Fsp3) is 0.312. The molecule has 0 saturated carbocycles. The number of carbonyl (C=O) groups excluding carboxylic acids is 1. The summed E-state index contributed by atoms with van der Waals surface area (Å²) in [5, 5.41) is 7.27. The molecule has 0 fully saturated rings. The standard InChI is InChI=1S/C16H19N3O3/c1-16(2,3)15(20)21-9-13(17)8-11-4-6-12(7-5-11)14-10-22-19-18-14/h4-7,9-10H,8,17H2,1-3H3/b13-9-. The van der Waals surface area contributed by atoms with Crippen LogP contribution in [0.2, 0.25) is 0 Å². The minimum atomic E-state index is -0.552. The molecule has 1 heterocycles. The largest absolute Gasteiger partial charge is 0.432 e. The van der Waals surface area contributed by atoms with Crippen molar-refractivity contribution < 1.29 is 14.1 Å². The number of allylic oxidation sites excluding steroid dienone is 1. The molecular formula is C16H19N3O3. The molecule has 0 spiro atoms. The fourth-order valence-electron chi connectivity index (χ4n) is 1.67. The molecule has 0 amide bonds. The third kappa shape index (κ3) is 4.18. The monoisotopic (exact) mass is 301 g/mol. The molecule has 2 N–H and O–H groups in total. The van der Waals surface area contributed by atoms with Crippen molar-refractivity contribution >= 4 is 5.97 Å². The van der Waals surface area contributed by atoms with Crippen LogP contribution in [-0.4, -0.2) is 16.3 Å². The first-order valence-corrected chi connectivity index (χ1v) is 6.88. The van der Waals surface area contributed by atoms with Gasteiger partial charge in [0, 0.05) is 23.0 Å². The zero-order chi connectivity index (χ0) is 16.2. The van der Waals surface area contributed by atoms with E-state index in [2.05, 4.69) is 10.4 Å². The van der Waals surface area contributed by atoms with E-state index < -0.39 is 5.41 Å². The maximum absolute atomic E-state index is 11.7. The highest BCUT2D eigenvalue weighted by Gasteiger charge is 2.22. The van der Waals surface area contributed by atoms with Crippen molar-refractivity contribution in [1.29, 1.82) is 0 Å². The number of ether oxygens (including phenoxy) is 1. The van der Waals surface area contributed by atoms with Gasteiger partial charge in [-0.05, 0) is 26.3 Å². The first-order chi connectivity index (χ1) is 10.4. The Balaban J connectivity index is 1.97. The SMILES string of the molecule is CC(C)(C)C(=O)O/C=C(\N)Cc1ccc(-c2conn2)cc1. The van der Waals surface area contributed by atoms with Crippen molar-refractivity contribution in [2.75, 3.05) is 0 Å². The van der Waals surface area contributed by atoms with Crippen LogP contribution in [0.5, 0.6) is 0 Å². The van der Waals surface area contributed by atoms with E-state index >= 15 is 0 Å². The zero-order valence-electron chi connectivity index (χ0n) is 12.9. The highest BCUT2D eigenvalue weighted by Crippen LogP contribution is 2.18. The van der Waals surface area contributed by atoms with E-state index in [9.17, 15) is 4.79 Å². The molecule has 0 bridgehead atoms. The lowest BCUT2D eigenvalue weighted by atomic mass is 9.97. The smallest absolute Gasteiger partial charge is 0.316 e. The van der Waals surface area contributed by atoms with Crippen LogP contribution in [0.3, 0.4) is 0 Å². The number of aromatic nitrogens is 2. The molecule has 2 rings (SSSR count). The molecule has 0 aliphatic heterocycles. The molecule has 0 radical (unpaired) electrons. The van der Waals surface area contributed by atoms with Gasteiger partial charge in [0.15, 0.2) is 6.26 Å². The second-order valence-corrected chi connectivity index (χ2v) is 6.01. The molecule has 1 aromatic carbocycles. The van der Waals surface area contributed by atoms with Gasteiger partial charge in [-0.1, -0.05) is 24.3 Å². The molecule has 1 aromatic heterocycles. The number of hydrogen-bond acceptors (Lipinski definition) is 6. The minimum Gasteiger partial charge on any atom is -0.432 e. The van der Waals surface area contributed by atoms with Gasteiger partial charge in [0.1, 0.15) is 12.0 Å². The summed E-state index contributed by atoms with van der Waals surface area (Å²) in [6.45, 7) is 5.37. The van der Waals surface area contributed by atoms with Gasteiger partial charge in [-0.25, -0.2) is 0 Å². The molecule has 0 aliphatic rings. The molecule has 6 heteroatoms. The van der Waals surface area contributed by atoms with Crippen LogP contribution in [0, 0.1) is 5.41 Å². The lowest BCUT2D eigenvalue weighted by Gasteiger charge is -2.14. The molecule has 0 aliphatic carbocycles. The second kappa shape index (κ2) is 6.43. The molecule has 0 saturated heterocycles. The molecule has 116 valence electrons. The van der Waals surface area contributed by atoms with Gasteiger partial charge in [0.2, 0.25) is 0 Å². The summed E-state index contributed by atoms with van der Waals surface area (Å²) < 4.78 is 9.77. The summed E-state index contributed by atoms with van der Waals surface area (Å²) in [6.07, 6.45) is 3.28. The summed E-state index contributed by atoms with van der Waals surface area (Å²) in [6, 6.07) is 7.67. The molecule has 0 unspecified atom stereocenters.